The summed E-state index contributed by atoms with van der Waals surface area (Å²) in [4.78, 5) is 0. The summed E-state index contributed by atoms with van der Waals surface area (Å²) < 4.78 is 11.9. The molecule has 1 aliphatic heterocycles. The first-order chi connectivity index (χ1) is 8.12. The molecular weight excluding hydrogens is 282 g/mol. The van der Waals surface area contributed by atoms with E-state index in [1.54, 1.807) is 14.2 Å². The van der Waals surface area contributed by atoms with E-state index in [0.717, 1.165) is 34.5 Å². The molecule has 0 radical (unpaired) electrons. The molecular formula is C13H18BrNO2. The second kappa shape index (κ2) is 4.86. The van der Waals surface area contributed by atoms with Gasteiger partial charge in [0.1, 0.15) is 0 Å². The van der Waals surface area contributed by atoms with Crippen LogP contribution >= 0.6 is 15.9 Å². The number of methoxy groups -OCH3 is 2. The van der Waals surface area contributed by atoms with Crippen LogP contribution in [0.3, 0.4) is 0 Å². The molecule has 0 spiro atoms. The molecule has 0 bridgehead atoms. The molecule has 94 valence electrons. The minimum atomic E-state index is -0.0146. The smallest absolute Gasteiger partial charge is 0.175 e. The average molecular weight is 300 g/mol. The van der Waals surface area contributed by atoms with E-state index < -0.39 is 0 Å². The molecule has 1 saturated heterocycles. The molecule has 1 aromatic rings. The highest BCUT2D eigenvalue weighted by molar-refractivity contribution is 9.10. The van der Waals surface area contributed by atoms with Gasteiger partial charge in [-0.05, 0) is 48.3 Å². The van der Waals surface area contributed by atoms with E-state index in [9.17, 15) is 0 Å². The van der Waals surface area contributed by atoms with E-state index in [-0.39, 0.29) is 5.54 Å². The molecule has 17 heavy (non-hydrogen) atoms. The molecule has 2 rings (SSSR count). The van der Waals surface area contributed by atoms with Gasteiger partial charge in [-0.25, -0.2) is 0 Å². The Hall–Kier alpha value is -0.740. The van der Waals surface area contributed by atoms with E-state index in [2.05, 4.69) is 34.2 Å². The Balaban J connectivity index is 2.54. The van der Waals surface area contributed by atoms with Gasteiger partial charge in [-0.3, -0.25) is 0 Å². The van der Waals surface area contributed by atoms with Gasteiger partial charge in [-0.15, -0.1) is 0 Å². The zero-order chi connectivity index (χ0) is 12.5. The van der Waals surface area contributed by atoms with Gasteiger partial charge in [0.05, 0.1) is 18.7 Å². The van der Waals surface area contributed by atoms with Gasteiger partial charge in [-0.1, -0.05) is 6.07 Å². The fourth-order valence-electron chi connectivity index (χ4n) is 2.49. The molecule has 1 unspecified atom stereocenters. The number of hydrogen-bond acceptors (Lipinski definition) is 3. The van der Waals surface area contributed by atoms with Crippen molar-refractivity contribution < 1.29 is 9.47 Å². The zero-order valence-electron chi connectivity index (χ0n) is 10.5. The van der Waals surface area contributed by atoms with Crippen molar-refractivity contribution in [2.24, 2.45) is 0 Å². The van der Waals surface area contributed by atoms with Crippen molar-refractivity contribution in [2.45, 2.75) is 25.3 Å². The SMILES string of the molecule is COc1c(Br)ccc(C2(C)CCCN2)c1OC. The monoisotopic (exact) mass is 299 g/mol. The molecule has 1 heterocycles. The maximum atomic E-state index is 5.53. The number of nitrogens with one attached hydrogen (secondary N) is 1. The molecule has 1 fully saturated rings. The number of ether oxygens (including phenoxy) is 2. The van der Waals surface area contributed by atoms with Crippen LogP contribution < -0.4 is 14.8 Å². The van der Waals surface area contributed by atoms with Crippen LogP contribution in [0.25, 0.3) is 0 Å². The largest absolute Gasteiger partial charge is 0.492 e. The van der Waals surface area contributed by atoms with Crippen molar-refractivity contribution >= 4 is 15.9 Å². The van der Waals surface area contributed by atoms with E-state index in [1.807, 2.05) is 6.07 Å². The second-order valence-electron chi connectivity index (χ2n) is 4.52. The van der Waals surface area contributed by atoms with Gasteiger partial charge in [0.2, 0.25) is 0 Å². The van der Waals surface area contributed by atoms with E-state index in [4.69, 9.17) is 9.47 Å². The fourth-order valence-corrected chi connectivity index (χ4v) is 2.96. The highest BCUT2D eigenvalue weighted by Gasteiger charge is 2.34. The highest BCUT2D eigenvalue weighted by atomic mass is 79.9. The van der Waals surface area contributed by atoms with Crippen molar-refractivity contribution in [1.29, 1.82) is 0 Å². The third-order valence-corrected chi connectivity index (χ3v) is 4.06. The van der Waals surface area contributed by atoms with Crippen molar-refractivity contribution in [3.63, 3.8) is 0 Å². The van der Waals surface area contributed by atoms with Gasteiger partial charge in [0.15, 0.2) is 11.5 Å². The van der Waals surface area contributed by atoms with Crippen LogP contribution in [0.4, 0.5) is 0 Å². The minimum absolute atomic E-state index is 0.0146. The first-order valence-electron chi connectivity index (χ1n) is 5.78. The maximum absolute atomic E-state index is 5.53. The van der Waals surface area contributed by atoms with Crippen molar-refractivity contribution in [2.75, 3.05) is 20.8 Å². The fraction of sp³-hybridized carbons (Fsp3) is 0.538. The molecule has 0 aromatic heterocycles. The van der Waals surface area contributed by atoms with Crippen LogP contribution in [0.15, 0.2) is 16.6 Å². The van der Waals surface area contributed by atoms with Gasteiger partial charge < -0.3 is 14.8 Å². The molecule has 0 aliphatic carbocycles. The Morgan fingerprint density at radius 2 is 1.94 bits per heavy atom. The van der Waals surface area contributed by atoms with Crippen LogP contribution in [0.1, 0.15) is 25.3 Å². The third-order valence-electron chi connectivity index (χ3n) is 3.44. The molecule has 3 nitrogen and oxygen atoms in total. The minimum Gasteiger partial charge on any atom is -0.492 e. The van der Waals surface area contributed by atoms with Gasteiger partial charge >= 0.3 is 0 Å². The van der Waals surface area contributed by atoms with Crippen molar-refractivity contribution in [3.8, 4) is 11.5 Å². The Labute approximate surface area is 111 Å². The normalized spacial score (nSPS) is 23.8. The summed E-state index contributed by atoms with van der Waals surface area (Å²) in [6.07, 6.45) is 2.31. The van der Waals surface area contributed by atoms with Crippen LogP contribution in [0, 0.1) is 0 Å². The lowest BCUT2D eigenvalue weighted by atomic mass is 9.89. The topological polar surface area (TPSA) is 30.5 Å². The lowest BCUT2D eigenvalue weighted by Gasteiger charge is -2.28. The predicted molar refractivity (Wildman–Crippen MR) is 71.8 cm³/mol. The molecule has 0 saturated carbocycles. The summed E-state index contributed by atoms with van der Waals surface area (Å²) in [6, 6.07) is 4.12. The standard InChI is InChI=1S/C13H18BrNO2/c1-13(7-4-8-15-13)9-5-6-10(14)12(17-3)11(9)16-2/h5-6,15H,4,7-8H2,1-3H3. The third kappa shape index (κ3) is 2.16. The van der Waals surface area contributed by atoms with Crippen molar-refractivity contribution in [3.05, 3.63) is 22.2 Å². The maximum Gasteiger partial charge on any atom is 0.175 e. The number of rotatable bonds is 3. The van der Waals surface area contributed by atoms with Gasteiger partial charge in [0.25, 0.3) is 0 Å². The molecule has 1 N–H and O–H groups in total. The molecule has 4 heteroatoms. The zero-order valence-corrected chi connectivity index (χ0v) is 12.1. The lowest BCUT2D eigenvalue weighted by Crippen LogP contribution is -2.33. The summed E-state index contributed by atoms with van der Waals surface area (Å²) in [7, 11) is 3.35. The van der Waals surface area contributed by atoms with E-state index in [1.165, 1.54) is 6.42 Å². The predicted octanol–water partition coefficient (Wildman–Crippen LogP) is 3.06. The van der Waals surface area contributed by atoms with Crippen LogP contribution in [0.5, 0.6) is 11.5 Å². The lowest BCUT2D eigenvalue weighted by molar-refractivity contribution is 0.332. The van der Waals surface area contributed by atoms with Crippen LogP contribution in [-0.2, 0) is 5.54 Å². The number of halogens is 1. The summed E-state index contributed by atoms with van der Waals surface area (Å²) in [5.41, 5.74) is 1.15. The molecule has 1 atom stereocenters. The summed E-state index contributed by atoms with van der Waals surface area (Å²) in [6.45, 7) is 3.27. The first kappa shape index (κ1) is 12.7. The Morgan fingerprint density at radius 3 is 2.47 bits per heavy atom. The molecule has 1 aliphatic rings. The quantitative estimate of drug-likeness (QED) is 0.930. The van der Waals surface area contributed by atoms with Gasteiger partial charge in [-0.2, -0.15) is 0 Å². The van der Waals surface area contributed by atoms with Gasteiger partial charge in [0, 0.05) is 11.1 Å². The Kier molecular flexibility index (Phi) is 3.64. The number of hydrogen-bond donors (Lipinski definition) is 1. The highest BCUT2D eigenvalue weighted by Crippen LogP contribution is 2.44. The summed E-state index contributed by atoms with van der Waals surface area (Å²) in [5, 5.41) is 3.54. The number of benzene rings is 1. The molecule has 0 amide bonds. The molecule has 1 aromatic carbocycles. The summed E-state index contributed by atoms with van der Waals surface area (Å²) >= 11 is 3.48. The second-order valence-corrected chi connectivity index (χ2v) is 5.38. The van der Waals surface area contributed by atoms with E-state index >= 15 is 0 Å². The van der Waals surface area contributed by atoms with Crippen LogP contribution in [0.2, 0.25) is 0 Å². The Morgan fingerprint density at radius 1 is 1.24 bits per heavy atom. The van der Waals surface area contributed by atoms with E-state index in [0.29, 0.717) is 0 Å². The first-order valence-corrected chi connectivity index (χ1v) is 6.57. The van der Waals surface area contributed by atoms with Crippen LogP contribution in [-0.4, -0.2) is 20.8 Å². The Bertz CT molecular complexity index is 414. The average Bonchev–Trinajstić information content (AvgIpc) is 2.76. The van der Waals surface area contributed by atoms with Crippen molar-refractivity contribution in [1.82, 2.24) is 5.32 Å². The summed E-state index contributed by atoms with van der Waals surface area (Å²) in [5.74, 6) is 1.58.